The van der Waals surface area contributed by atoms with Crippen molar-refractivity contribution in [3.8, 4) is 0 Å². The van der Waals surface area contributed by atoms with E-state index in [1.807, 2.05) is 18.2 Å². The van der Waals surface area contributed by atoms with Crippen LogP contribution in [-0.4, -0.2) is 31.3 Å². The molecule has 1 fully saturated rings. The van der Waals surface area contributed by atoms with Crippen molar-refractivity contribution in [3.05, 3.63) is 30.3 Å². The molecule has 2 heterocycles. The Balaban J connectivity index is 2.00. The number of para-hydroxylation sites is 1. The first kappa shape index (κ1) is 9.66. The Labute approximate surface area is 94.7 Å². The summed E-state index contributed by atoms with van der Waals surface area (Å²) in [4.78, 5) is 6.49. The zero-order valence-electron chi connectivity index (χ0n) is 9.10. The van der Waals surface area contributed by atoms with Crippen LogP contribution in [0, 0.1) is 0 Å². The van der Waals surface area contributed by atoms with Crippen LogP contribution in [0.4, 0.5) is 5.69 Å². The average molecular weight is 217 g/mol. The first-order valence-electron chi connectivity index (χ1n) is 5.55. The Kier molecular flexibility index (Phi) is 2.11. The van der Waals surface area contributed by atoms with E-state index in [1.54, 1.807) is 0 Å². The van der Waals surface area contributed by atoms with E-state index in [0.29, 0.717) is 12.6 Å². The maximum absolute atomic E-state index is 5.99. The summed E-state index contributed by atoms with van der Waals surface area (Å²) in [5.74, 6) is 0.608. The molecule has 0 aliphatic carbocycles. The van der Waals surface area contributed by atoms with Gasteiger partial charge in [-0.2, -0.15) is 0 Å². The fourth-order valence-corrected chi connectivity index (χ4v) is 2.49. The topological polar surface area (TPSA) is 50.9 Å². The van der Waals surface area contributed by atoms with Gasteiger partial charge in [-0.3, -0.25) is 4.99 Å². The number of nitrogens with two attached hydrogens (primary N) is 1. The predicted molar refractivity (Wildman–Crippen MR) is 63.6 cm³/mol. The Morgan fingerprint density at radius 3 is 2.81 bits per heavy atom. The standard InChI is InChI=1S/C12H15N3O/c13-11-14-8-12(6-7-16-9-12)15(11)10-4-2-1-3-5-10/h1-5H,6-9H2,(H2,13,14). The summed E-state index contributed by atoms with van der Waals surface area (Å²) in [5.41, 5.74) is 7.05. The van der Waals surface area contributed by atoms with Crippen LogP contribution in [0.1, 0.15) is 6.42 Å². The van der Waals surface area contributed by atoms with Crippen molar-refractivity contribution in [1.29, 1.82) is 0 Å². The average Bonchev–Trinajstić information content (AvgIpc) is 2.90. The monoisotopic (exact) mass is 217 g/mol. The summed E-state index contributed by atoms with van der Waals surface area (Å²) in [6.07, 6.45) is 0.992. The summed E-state index contributed by atoms with van der Waals surface area (Å²) in [6, 6.07) is 10.2. The van der Waals surface area contributed by atoms with E-state index in [0.717, 1.165) is 25.3 Å². The number of nitrogens with zero attached hydrogens (tertiary/aromatic N) is 2. The van der Waals surface area contributed by atoms with Gasteiger partial charge in [-0.15, -0.1) is 0 Å². The van der Waals surface area contributed by atoms with E-state index in [-0.39, 0.29) is 5.54 Å². The highest BCUT2D eigenvalue weighted by molar-refractivity contribution is 5.98. The molecule has 1 aromatic rings. The Bertz CT molecular complexity index is 410. The number of guanidine groups is 1. The van der Waals surface area contributed by atoms with Crippen LogP contribution in [0.25, 0.3) is 0 Å². The molecule has 2 aliphatic rings. The van der Waals surface area contributed by atoms with Crippen LogP contribution < -0.4 is 10.6 Å². The van der Waals surface area contributed by atoms with Gasteiger partial charge in [-0.25, -0.2) is 0 Å². The second-order valence-corrected chi connectivity index (χ2v) is 4.37. The largest absolute Gasteiger partial charge is 0.379 e. The highest BCUT2D eigenvalue weighted by Gasteiger charge is 2.46. The van der Waals surface area contributed by atoms with Gasteiger partial charge in [-0.1, -0.05) is 18.2 Å². The third-order valence-electron chi connectivity index (χ3n) is 3.34. The van der Waals surface area contributed by atoms with Gasteiger partial charge in [0.25, 0.3) is 0 Å². The van der Waals surface area contributed by atoms with Crippen molar-refractivity contribution in [2.24, 2.45) is 10.7 Å². The zero-order chi connectivity index (χ0) is 11.0. The molecule has 1 saturated heterocycles. The number of hydrogen-bond donors (Lipinski definition) is 1. The van der Waals surface area contributed by atoms with E-state index in [9.17, 15) is 0 Å². The number of aliphatic imine (C=N–C) groups is 1. The molecule has 1 atom stereocenters. The smallest absolute Gasteiger partial charge is 0.196 e. The molecular formula is C12H15N3O. The van der Waals surface area contributed by atoms with Crippen molar-refractivity contribution < 1.29 is 4.74 Å². The summed E-state index contributed by atoms with van der Waals surface area (Å²) >= 11 is 0. The molecular weight excluding hydrogens is 202 g/mol. The number of benzene rings is 1. The first-order valence-corrected chi connectivity index (χ1v) is 5.55. The molecule has 84 valence electrons. The molecule has 4 heteroatoms. The minimum absolute atomic E-state index is 0.0363. The van der Waals surface area contributed by atoms with Gasteiger partial charge in [0, 0.05) is 12.3 Å². The van der Waals surface area contributed by atoms with Crippen molar-refractivity contribution in [3.63, 3.8) is 0 Å². The molecule has 16 heavy (non-hydrogen) atoms. The predicted octanol–water partition coefficient (Wildman–Crippen LogP) is 0.980. The van der Waals surface area contributed by atoms with Gasteiger partial charge < -0.3 is 15.4 Å². The summed E-state index contributed by atoms with van der Waals surface area (Å²) in [5, 5.41) is 0. The lowest BCUT2D eigenvalue weighted by Gasteiger charge is -2.34. The Morgan fingerprint density at radius 1 is 1.31 bits per heavy atom. The summed E-state index contributed by atoms with van der Waals surface area (Å²) in [7, 11) is 0. The lowest BCUT2D eigenvalue weighted by atomic mass is 9.97. The molecule has 1 spiro atoms. The second-order valence-electron chi connectivity index (χ2n) is 4.37. The molecule has 0 radical (unpaired) electrons. The van der Waals surface area contributed by atoms with Gasteiger partial charge in [0.05, 0.1) is 18.7 Å². The normalized spacial score (nSPS) is 28.8. The van der Waals surface area contributed by atoms with Crippen LogP contribution in [0.15, 0.2) is 35.3 Å². The van der Waals surface area contributed by atoms with Crippen LogP contribution in [-0.2, 0) is 4.74 Å². The van der Waals surface area contributed by atoms with Crippen LogP contribution >= 0.6 is 0 Å². The molecule has 2 N–H and O–H groups in total. The molecule has 3 rings (SSSR count). The molecule has 0 saturated carbocycles. The molecule has 4 nitrogen and oxygen atoms in total. The number of anilines is 1. The Hall–Kier alpha value is -1.55. The van der Waals surface area contributed by atoms with Crippen molar-refractivity contribution in [2.75, 3.05) is 24.7 Å². The second kappa shape index (κ2) is 3.49. The highest BCUT2D eigenvalue weighted by atomic mass is 16.5. The Morgan fingerprint density at radius 2 is 2.12 bits per heavy atom. The van der Waals surface area contributed by atoms with E-state index in [1.165, 1.54) is 0 Å². The lowest BCUT2D eigenvalue weighted by molar-refractivity contribution is 0.181. The minimum atomic E-state index is -0.0363. The minimum Gasteiger partial charge on any atom is -0.379 e. The molecule has 1 unspecified atom stereocenters. The number of hydrogen-bond acceptors (Lipinski definition) is 4. The summed E-state index contributed by atoms with van der Waals surface area (Å²) in [6.45, 7) is 2.26. The number of rotatable bonds is 1. The summed E-state index contributed by atoms with van der Waals surface area (Å²) < 4.78 is 5.51. The SMILES string of the molecule is NC1=NCC2(CCOC2)N1c1ccccc1. The van der Waals surface area contributed by atoms with Gasteiger partial charge in [-0.05, 0) is 18.6 Å². The van der Waals surface area contributed by atoms with Gasteiger partial charge in [0.15, 0.2) is 5.96 Å². The molecule has 0 bridgehead atoms. The van der Waals surface area contributed by atoms with Gasteiger partial charge in [0.1, 0.15) is 0 Å². The van der Waals surface area contributed by atoms with Crippen LogP contribution in [0.2, 0.25) is 0 Å². The molecule has 2 aliphatic heterocycles. The van der Waals surface area contributed by atoms with Crippen molar-refractivity contribution in [1.82, 2.24) is 0 Å². The quantitative estimate of drug-likeness (QED) is 0.763. The van der Waals surface area contributed by atoms with E-state index < -0.39 is 0 Å². The lowest BCUT2D eigenvalue weighted by Crippen LogP contribution is -2.52. The van der Waals surface area contributed by atoms with E-state index >= 15 is 0 Å². The fourth-order valence-electron chi connectivity index (χ4n) is 2.49. The van der Waals surface area contributed by atoms with E-state index in [2.05, 4.69) is 22.0 Å². The van der Waals surface area contributed by atoms with Crippen LogP contribution in [0.3, 0.4) is 0 Å². The molecule has 1 aromatic carbocycles. The number of ether oxygens (including phenoxy) is 1. The third-order valence-corrected chi connectivity index (χ3v) is 3.34. The van der Waals surface area contributed by atoms with E-state index in [4.69, 9.17) is 10.5 Å². The fraction of sp³-hybridized carbons (Fsp3) is 0.417. The van der Waals surface area contributed by atoms with Crippen molar-refractivity contribution >= 4 is 11.6 Å². The zero-order valence-corrected chi connectivity index (χ0v) is 9.10. The third kappa shape index (κ3) is 1.30. The first-order chi connectivity index (χ1) is 7.82. The van der Waals surface area contributed by atoms with Crippen LogP contribution in [0.5, 0.6) is 0 Å². The maximum Gasteiger partial charge on any atom is 0.196 e. The van der Waals surface area contributed by atoms with Crippen molar-refractivity contribution in [2.45, 2.75) is 12.0 Å². The maximum atomic E-state index is 5.99. The molecule has 0 amide bonds. The highest BCUT2D eigenvalue weighted by Crippen LogP contribution is 2.34. The molecule has 0 aromatic heterocycles. The van der Waals surface area contributed by atoms with Gasteiger partial charge in [0.2, 0.25) is 0 Å². The van der Waals surface area contributed by atoms with Gasteiger partial charge >= 0.3 is 0 Å².